The van der Waals surface area contributed by atoms with E-state index in [4.69, 9.17) is 10.5 Å². The third kappa shape index (κ3) is 5.50. The maximum absolute atomic E-state index is 12.2. The Kier molecular flexibility index (Phi) is 7.59. The number of nitrogens with zero attached hydrogens (tertiary/aromatic N) is 1. The van der Waals surface area contributed by atoms with Gasteiger partial charge in [0, 0.05) is 30.7 Å². The van der Waals surface area contributed by atoms with E-state index < -0.39 is 9.84 Å². The first kappa shape index (κ1) is 18.9. The van der Waals surface area contributed by atoms with E-state index >= 15 is 0 Å². The van der Waals surface area contributed by atoms with Crippen LogP contribution in [0.3, 0.4) is 0 Å². The van der Waals surface area contributed by atoms with Gasteiger partial charge in [-0.3, -0.25) is 4.90 Å². The average molecular weight is 400 g/mol. The van der Waals surface area contributed by atoms with Gasteiger partial charge in [-0.25, -0.2) is 8.42 Å². The summed E-state index contributed by atoms with van der Waals surface area (Å²) in [6.07, 6.45) is 0.0131. The molecule has 0 saturated carbocycles. The maximum atomic E-state index is 12.2. The Morgan fingerprint density at radius 1 is 1.33 bits per heavy atom. The normalized spacial score (nSPS) is 20.0. The quantitative estimate of drug-likeness (QED) is 0.808. The molecule has 1 saturated heterocycles. The first-order valence-electron chi connectivity index (χ1n) is 6.53. The van der Waals surface area contributed by atoms with Crippen LogP contribution in [0.4, 0.5) is 0 Å². The lowest BCUT2D eigenvalue weighted by atomic mass is 10.3. The SMILES string of the molecule is Cl.NCC1CN(CCS(=O)(=O)c2ccc(Br)cc2)CCO1. The van der Waals surface area contributed by atoms with E-state index in [1.807, 2.05) is 0 Å². The Morgan fingerprint density at radius 3 is 2.62 bits per heavy atom. The van der Waals surface area contributed by atoms with Gasteiger partial charge in [0.05, 0.1) is 23.4 Å². The molecule has 0 amide bonds. The Hall–Kier alpha value is -0.180. The lowest BCUT2D eigenvalue weighted by Gasteiger charge is -2.32. The van der Waals surface area contributed by atoms with Crippen LogP contribution >= 0.6 is 28.3 Å². The minimum atomic E-state index is -3.24. The summed E-state index contributed by atoms with van der Waals surface area (Å²) in [6, 6.07) is 6.74. The van der Waals surface area contributed by atoms with Crippen molar-refractivity contribution in [1.29, 1.82) is 0 Å². The molecule has 0 bridgehead atoms. The molecule has 1 aliphatic heterocycles. The predicted octanol–water partition coefficient (Wildman–Crippen LogP) is 1.30. The topological polar surface area (TPSA) is 72.6 Å². The van der Waals surface area contributed by atoms with Crippen LogP contribution in [0.1, 0.15) is 0 Å². The first-order chi connectivity index (χ1) is 9.51. The van der Waals surface area contributed by atoms with Crippen molar-refractivity contribution in [3.05, 3.63) is 28.7 Å². The number of ether oxygens (including phenoxy) is 1. The Bertz CT molecular complexity index is 539. The monoisotopic (exact) mass is 398 g/mol. The standard InChI is InChI=1S/C13H19BrN2O3S.ClH/c14-11-1-3-13(4-2-11)20(17,18)8-6-16-5-7-19-12(9-15)10-16;/h1-4,12H,5-10,15H2;1H. The zero-order chi connectivity index (χ0) is 14.6. The van der Waals surface area contributed by atoms with Crippen molar-refractivity contribution < 1.29 is 13.2 Å². The van der Waals surface area contributed by atoms with Crippen LogP contribution in [0.25, 0.3) is 0 Å². The van der Waals surface area contributed by atoms with Gasteiger partial charge in [-0.05, 0) is 24.3 Å². The zero-order valence-electron chi connectivity index (χ0n) is 11.6. The molecule has 2 rings (SSSR count). The van der Waals surface area contributed by atoms with Crippen molar-refractivity contribution in [2.75, 3.05) is 38.5 Å². The van der Waals surface area contributed by atoms with Crippen molar-refractivity contribution in [3.8, 4) is 0 Å². The van der Waals surface area contributed by atoms with Gasteiger partial charge in [-0.1, -0.05) is 15.9 Å². The van der Waals surface area contributed by atoms with E-state index in [2.05, 4.69) is 20.8 Å². The molecular weight excluding hydrogens is 380 g/mol. The number of halogens is 2. The summed E-state index contributed by atoms with van der Waals surface area (Å²) in [5.74, 6) is 0.117. The van der Waals surface area contributed by atoms with Gasteiger partial charge < -0.3 is 10.5 Å². The van der Waals surface area contributed by atoms with Crippen LogP contribution in [0.15, 0.2) is 33.6 Å². The third-order valence-corrected chi connectivity index (χ3v) is 5.57. The fourth-order valence-corrected chi connectivity index (χ4v) is 3.68. The van der Waals surface area contributed by atoms with Crippen LogP contribution in [0.5, 0.6) is 0 Å². The highest BCUT2D eigenvalue weighted by Crippen LogP contribution is 2.16. The van der Waals surface area contributed by atoms with Crippen LogP contribution in [-0.4, -0.2) is 58.0 Å². The van der Waals surface area contributed by atoms with Gasteiger partial charge >= 0.3 is 0 Å². The van der Waals surface area contributed by atoms with E-state index in [-0.39, 0.29) is 24.3 Å². The van der Waals surface area contributed by atoms with Gasteiger partial charge in [0.25, 0.3) is 0 Å². The summed E-state index contributed by atoms with van der Waals surface area (Å²) in [7, 11) is -3.24. The molecule has 1 atom stereocenters. The third-order valence-electron chi connectivity index (χ3n) is 3.33. The second-order valence-electron chi connectivity index (χ2n) is 4.80. The second kappa shape index (κ2) is 8.45. The van der Waals surface area contributed by atoms with E-state index in [0.717, 1.165) is 11.0 Å². The molecule has 0 radical (unpaired) electrons. The van der Waals surface area contributed by atoms with Crippen LogP contribution in [0.2, 0.25) is 0 Å². The molecule has 0 aromatic heterocycles. The molecule has 1 unspecified atom stereocenters. The number of nitrogens with two attached hydrogens (primary N) is 1. The van der Waals surface area contributed by atoms with Crippen molar-refractivity contribution in [1.82, 2.24) is 4.90 Å². The fourth-order valence-electron chi connectivity index (χ4n) is 2.14. The van der Waals surface area contributed by atoms with Crippen molar-refractivity contribution in [2.45, 2.75) is 11.0 Å². The highest BCUT2D eigenvalue weighted by Gasteiger charge is 2.22. The summed E-state index contributed by atoms with van der Waals surface area (Å²) in [5, 5.41) is 0. The highest BCUT2D eigenvalue weighted by atomic mass is 79.9. The molecule has 1 aromatic rings. The molecule has 0 spiro atoms. The predicted molar refractivity (Wildman–Crippen MR) is 88.7 cm³/mol. The molecule has 0 aliphatic carbocycles. The van der Waals surface area contributed by atoms with E-state index in [1.54, 1.807) is 24.3 Å². The second-order valence-corrected chi connectivity index (χ2v) is 7.83. The fraction of sp³-hybridized carbons (Fsp3) is 0.538. The van der Waals surface area contributed by atoms with Gasteiger partial charge in [0.1, 0.15) is 0 Å². The van der Waals surface area contributed by atoms with Crippen molar-refractivity contribution in [3.63, 3.8) is 0 Å². The van der Waals surface area contributed by atoms with Gasteiger partial charge in [0.15, 0.2) is 9.84 Å². The van der Waals surface area contributed by atoms with Crippen molar-refractivity contribution >= 4 is 38.2 Å². The molecular formula is C13H20BrClN2O3S. The summed E-state index contributed by atoms with van der Waals surface area (Å²) in [5.41, 5.74) is 5.58. The minimum absolute atomic E-state index is 0. The molecule has 8 heteroatoms. The highest BCUT2D eigenvalue weighted by molar-refractivity contribution is 9.10. The molecule has 21 heavy (non-hydrogen) atoms. The Labute approximate surface area is 140 Å². The average Bonchev–Trinajstić information content (AvgIpc) is 2.46. The largest absolute Gasteiger partial charge is 0.374 e. The number of hydrogen-bond donors (Lipinski definition) is 1. The zero-order valence-corrected chi connectivity index (χ0v) is 14.8. The molecule has 1 aromatic carbocycles. The van der Waals surface area contributed by atoms with Crippen LogP contribution in [0, 0.1) is 0 Å². The number of sulfone groups is 1. The van der Waals surface area contributed by atoms with Gasteiger partial charge in [-0.15, -0.1) is 12.4 Å². The number of rotatable bonds is 5. The molecule has 2 N–H and O–H groups in total. The van der Waals surface area contributed by atoms with Crippen molar-refractivity contribution in [2.24, 2.45) is 5.73 Å². The number of benzene rings is 1. The van der Waals surface area contributed by atoms with Crippen LogP contribution in [-0.2, 0) is 14.6 Å². The summed E-state index contributed by atoms with van der Waals surface area (Å²) < 4.78 is 30.8. The number of morpholine rings is 1. The van der Waals surface area contributed by atoms with Gasteiger partial charge in [0.2, 0.25) is 0 Å². The van der Waals surface area contributed by atoms with E-state index in [0.29, 0.717) is 31.1 Å². The Morgan fingerprint density at radius 2 is 2.00 bits per heavy atom. The molecule has 5 nitrogen and oxygen atoms in total. The smallest absolute Gasteiger partial charge is 0.179 e. The Balaban J connectivity index is 0.00000220. The summed E-state index contributed by atoms with van der Waals surface area (Å²) >= 11 is 3.30. The van der Waals surface area contributed by atoms with Crippen LogP contribution < -0.4 is 5.73 Å². The number of hydrogen-bond acceptors (Lipinski definition) is 5. The van der Waals surface area contributed by atoms with Gasteiger partial charge in [-0.2, -0.15) is 0 Å². The first-order valence-corrected chi connectivity index (χ1v) is 8.98. The summed E-state index contributed by atoms with van der Waals surface area (Å²) in [6.45, 7) is 3.05. The summed E-state index contributed by atoms with van der Waals surface area (Å²) in [4.78, 5) is 2.46. The molecule has 1 heterocycles. The maximum Gasteiger partial charge on any atom is 0.179 e. The van der Waals surface area contributed by atoms with E-state index in [1.165, 1.54) is 0 Å². The lowest BCUT2D eigenvalue weighted by Crippen LogP contribution is -2.46. The molecule has 1 fully saturated rings. The lowest BCUT2D eigenvalue weighted by molar-refractivity contribution is -0.0209. The minimum Gasteiger partial charge on any atom is -0.374 e. The molecule has 120 valence electrons. The molecule has 1 aliphatic rings. The van der Waals surface area contributed by atoms with E-state index in [9.17, 15) is 8.42 Å².